The highest BCUT2D eigenvalue weighted by molar-refractivity contribution is 7.85. The molecule has 0 fully saturated rings. The minimum Gasteiger partial charge on any atom is -0.481 e. The monoisotopic (exact) mass is 605 g/mol. The Morgan fingerprint density at radius 1 is 0.953 bits per heavy atom. The van der Waals surface area contributed by atoms with Crippen LogP contribution in [0.15, 0.2) is 77.4 Å². The summed E-state index contributed by atoms with van der Waals surface area (Å²) in [7, 11) is -4.34. The second kappa shape index (κ2) is 12.6. The molecule has 0 radical (unpaired) electrons. The fourth-order valence-electron chi connectivity index (χ4n) is 6.39. The van der Waals surface area contributed by atoms with Crippen molar-refractivity contribution in [3.05, 3.63) is 89.2 Å². The van der Waals surface area contributed by atoms with Crippen molar-refractivity contribution in [2.24, 2.45) is 0 Å². The zero-order valence-corrected chi connectivity index (χ0v) is 27.0. The average Bonchev–Trinajstić information content (AvgIpc) is 3.26. The normalized spacial score (nSPS) is 18.3. The quantitative estimate of drug-likeness (QED) is 0.113. The summed E-state index contributed by atoms with van der Waals surface area (Å²) < 4.78 is 35.9. The molecule has 7 nitrogen and oxygen atoms in total. The number of benzene rings is 2. The van der Waals surface area contributed by atoms with Crippen LogP contribution < -0.4 is 4.90 Å². The maximum atomic E-state index is 11.9. The largest absolute Gasteiger partial charge is 0.481 e. The standard InChI is InChI=1S/C35H44N2O5S/c1-7-21-36-29-19-17-25(2)23-27(29)34(3,4)31(36)14-10-8-11-15-32-35(5,6)28-24-26(43(40,41)42)18-20-30(28)37(32)22-13-9-12-16-33(38)39/h8,10-11,14-15,17-20,23-24H,7,9,12-13,16,21-22H2,1-6H3,(H-,38,39,40,41,42)/p+1. The Bertz CT molecular complexity index is 1630. The number of nitrogens with zero attached hydrogens (tertiary/aromatic N) is 2. The summed E-state index contributed by atoms with van der Waals surface area (Å²) in [5, 5.41) is 8.99. The number of anilines is 1. The molecule has 2 N–H and O–H groups in total. The molecule has 0 aromatic heterocycles. The lowest BCUT2D eigenvalue weighted by molar-refractivity contribution is -0.437. The van der Waals surface area contributed by atoms with Crippen molar-refractivity contribution in [1.29, 1.82) is 0 Å². The molecule has 2 aliphatic heterocycles. The highest BCUT2D eigenvalue weighted by Crippen LogP contribution is 2.48. The molecule has 230 valence electrons. The van der Waals surface area contributed by atoms with Gasteiger partial charge in [-0.3, -0.25) is 9.35 Å². The topological polar surface area (TPSA) is 97.9 Å². The van der Waals surface area contributed by atoms with Crippen LogP contribution in [-0.4, -0.2) is 47.4 Å². The molecule has 2 aliphatic rings. The van der Waals surface area contributed by atoms with Crippen molar-refractivity contribution >= 4 is 33.2 Å². The van der Waals surface area contributed by atoms with E-state index in [0.717, 1.165) is 42.8 Å². The lowest BCUT2D eigenvalue weighted by Gasteiger charge is -2.27. The lowest BCUT2D eigenvalue weighted by atomic mass is 9.81. The van der Waals surface area contributed by atoms with Gasteiger partial charge in [-0.25, -0.2) is 0 Å². The Hall–Kier alpha value is -3.49. The fraction of sp³-hybridized carbons (Fsp3) is 0.429. The van der Waals surface area contributed by atoms with Crippen LogP contribution in [0.25, 0.3) is 0 Å². The first kappa shape index (κ1) is 32.4. The molecule has 0 amide bonds. The molecule has 0 saturated heterocycles. The number of carbonyl (C=O) groups is 1. The summed E-state index contributed by atoms with van der Waals surface area (Å²) in [5.41, 5.74) is 7.27. The van der Waals surface area contributed by atoms with Crippen LogP contribution in [0.2, 0.25) is 0 Å². The van der Waals surface area contributed by atoms with Crippen molar-refractivity contribution in [3.8, 4) is 0 Å². The van der Waals surface area contributed by atoms with E-state index in [1.807, 2.05) is 12.2 Å². The second-order valence-electron chi connectivity index (χ2n) is 12.6. The molecule has 4 rings (SSSR count). The number of aliphatic carboxylic acids is 1. The van der Waals surface area contributed by atoms with Gasteiger partial charge in [-0.1, -0.05) is 57.0 Å². The molecule has 43 heavy (non-hydrogen) atoms. The maximum absolute atomic E-state index is 11.9. The van der Waals surface area contributed by atoms with Crippen molar-refractivity contribution in [3.63, 3.8) is 0 Å². The van der Waals surface area contributed by atoms with Gasteiger partial charge in [-0.15, -0.1) is 0 Å². The summed E-state index contributed by atoms with van der Waals surface area (Å²) in [6.07, 6.45) is 13.8. The van der Waals surface area contributed by atoms with Gasteiger partial charge in [-0.2, -0.15) is 13.0 Å². The van der Waals surface area contributed by atoms with Crippen LogP contribution >= 0.6 is 0 Å². The van der Waals surface area contributed by atoms with E-state index in [1.54, 1.807) is 12.1 Å². The highest BCUT2D eigenvalue weighted by atomic mass is 32.2. The van der Waals surface area contributed by atoms with E-state index < -0.39 is 21.5 Å². The first-order chi connectivity index (χ1) is 20.2. The predicted molar refractivity (Wildman–Crippen MR) is 173 cm³/mol. The van der Waals surface area contributed by atoms with Crippen LogP contribution in [-0.2, 0) is 25.7 Å². The minimum absolute atomic E-state index is 0.114. The van der Waals surface area contributed by atoms with E-state index in [4.69, 9.17) is 5.11 Å². The third-order valence-electron chi connectivity index (χ3n) is 8.66. The predicted octanol–water partition coefficient (Wildman–Crippen LogP) is 7.47. The Kier molecular flexibility index (Phi) is 9.52. The molecule has 0 aliphatic carbocycles. The second-order valence-corrected chi connectivity index (χ2v) is 14.0. The van der Waals surface area contributed by atoms with Gasteiger partial charge >= 0.3 is 5.97 Å². The molecule has 0 spiro atoms. The van der Waals surface area contributed by atoms with Crippen molar-refractivity contribution < 1.29 is 27.4 Å². The van der Waals surface area contributed by atoms with E-state index in [9.17, 15) is 17.8 Å². The number of hydrogen-bond donors (Lipinski definition) is 2. The molecule has 2 aromatic rings. The maximum Gasteiger partial charge on any atom is 0.303 e. The molecule has 8 heteroatoms. The molecule has 0 bridgehead atoms. The summed E-state index contributed by atoms with van der Waals surface area (Å²) >= 11 is 0. The number of carboxylic acids is 1. The summed E-state index contributed by atoms with van der Waals surface area (Å²) in [6.45, 7) is 14.6. The summed E-state index contributed by atoms with van der Waals surface area (Å²) in [5.74, 6) is -0.792. The zero-order chi connectivity index (χ0) is 31.6. The highest BCUT2D eigenvalue weighted by Gasteiger charge is 2.44. The number of unbranched alkanes of at least 4 members (excludes halogenated alkanes) is 2. The van der Waals surface area contributed by atoms with Gasteiger partial charge in [0.25, 0.3) is 10.1 Å². The lowest BCUT2D eigenvalue weighted by Crippen LogP contribution is -2.27. The Morgan fingerprint density at radius 2 is 1.70 bits per heavy atom. The van der Waals surface area contributed by atoms with Crippen LogP contribution in [0.4, 0.5) is 11.4 Å². The van der Waals surface area contributed by atoms with Crippen LogP contribution in [0.5, 0.6) is 0 Å². The number of rotatable bonds is 12. The van der Waals surface area contributed by atoms with E-state index in [-0.39, 0.29) is 16.7 Å². The Labute approximate surface area is 256 Å². The fourth-order valence-corrected chi connectivity index (χ4v) is 6.90. The number of aryl methyl sites for hydroxylation is 1. The number of carboxylic acid groups (broad SMARTS) is 1. The SMILES string of the molecule is CCC[N+]1=C(/C=C/C=C/C=C2/N(CCCCCC(=O)O)c3ccc(S(=O)(=O)O)cc3C2(C)C)C(C)(C)c2cc(C)ccc21. The van der Waals surface area contributed by atoms with Gasteiger partial charge in [0.05, 0.1) is 10.3 Å². The van der Waals surface area contributed by atoms with Gasteiger partial charge in [0.2, 0.25) is 5.69 Å². The van der Waals surface area contributed by atoms with Crippen molar-refractivity contribution in [2.45, 2.75) is 89.4 Å². The van der Waals surface area contributed by atoms with E-state index >= 15 is 0 Å². The van der Waals surface area contributed by atoms with Crippen molar-refractivity contribution in [2.75, 3.05) is 18.0 Å². The number of hydrogen-bond acceptors (Lipinski definition) is 4. The first-order valence-electron chi connectivity index (χ1n) is 15.1. The first-order valence-corrected chi connectivity index (χ1v) is 16.6. The number of fused-ring (bicyclic) bond motifs is 2. The van der Waals surface area contributed by atoms with Crippen molar-refractivity contribution in [1.82, 2.24) is 0 Å². The van der Waals surface area contributed by atoms with Gasteiger partial charge in [0, 0.05) is 53.9 Å². The third-order valence-corrected chi connectivity index (χ3v) is 9.51. The average molecular weight is 606 g/mol. The Morgan fingerprint density at radius 3 is 2.37 bits per heavy atom. The molecular formula is C35H45N2O5S+. The van der Waals surface area contributed by atoms with Crippen LogP contribution in [0, 0.1) is 6.92 Å². The minimum atomic E-state index is -4.34. The summed E-state index contributed by atoms with van der Waals surface area (Å²) in [6, 6.07) is 11.4. The Balaban J connectivity index is 1.63. The molecule has 2 aromatic carbocycles. The van der Waals surface area contributed by atoms with Gasteiger partial charge in [0.15, 0.2) is 5.71 Å². The molecule has 0 saturated carbocycles. The van der Waals surface area contributed by atoms with Gasteiger partial charge in [-0.05, 0) is 69.5 Å². The van der Waals surface area contributed by atoms with Crippen LogP contribution in [0.3, 0.4) is 0 Å². The zero-order valence-electron chi connectivity index (χ0n) is 26.2. The van der Waals surface area contributed by atoms with Crippen LogP contribution in [0.1, 0.15) is 83.4 Å². The molecule has 0 atom stereocenters. The molecule has 0 unspecified atom stereocenters. The summed E-state index contributed by atoms with van der Waals surface area (Å²) in [4.78, 5) is 13.0. The molecule has 2 heterocycles. The van der Waals surface area contributed by atoms with E-state index in [2.05, 4.69) is 87.4 Å². The van der Waals surface area contributed by atoms with E-state index in [0.29, 0.717) is 13.0 Å². The third kappa shape index (κ3) is 6.70. The smallest absolute Gasteiger partial charge is 0.303 e. The van der Waals surface area contributed by atoms with Gasteiger partial charge < -0.3 is 10.0 Å². The van der Waals surface area contributed by atoms with Gasteiger partial charge in [0.1, 0.15) is 6.54 Å². The molecular weight excluding hydrogens is 560 g/mol. The number of allylic oxidation sites excluding steroid dienone is 6. The van der Waals surface area contributed by atoms with E-state index in [1.165, 1.54) is 28.6 Å².